The number of rotatable bonds is 6. The number of nitro benzene ring substituents is 2. The van der Waals surface area contributed by atoms with Crippen molar-refractivity contribution in [3.05, 3.63) is 68.5 Å². The second kappa shape index (κ2) is 9.59. The Morgan fingerprint density at radius 3 is 2.03 bits per heavy atom. The van der Waals surface area contributed by atoms with Gasteiger partial charge < -0.3 is 15.2 Å². The number of nitro groups is 2. The molecule has 0 aliphatic rings. The summed E-state index contributed by atoms with van der Waals surface area (Å²) in [5.74, 6) is -0.264. The van der Waals surface area contributed by atoms with Crippen molar-refractivity contribution in [2.24, 2.45) is 5.73 Å². The van der Waals surface area contributed by atoms with Gasteiger partial charge in [0.25, 0.3) is 5.91 Å². The molecule has 0 bridgehead atoms. The van der Waals surface area contributed by atoms with Crippen molar-refractivity contribution in [2.45, 2.75) is 0 Å². The second-order valence-corrected chi connectivity index (χ2v) is 5.43. The lowest BCUT2D eigenvalue weighted by molar-refractivity contribution is -0.385. The van der Waals surface area contributed by atoms with E-state index in [0.29, 0.717) is 11.4 Å². The van der Waals surface area contributed by atoms with Crippen LogP contribution in [-0.4, -0.2) is 45.2 Å². The molecule has 1 heterocycles. The minimum absolute atomic E-state index is 0.00157. The van der Waals surface area contributed by atoms with Crippen LogP contribution in [0.3, 0.4) is 0 Å². The molecule has 0 atom stereocenters. The molecule has 3 N–H and O–H groups in total. The van der Waals surface area contributed by atoms with Gasteiger partial charge in [0.1, 0.15) is 6.33 Å². The molecule has 0 saturated carbocycles. The zero-order chi connectivity index (χ0) is 22.3. The van der Waals surface area contributed by atoms with E-state index in [1.165, 1.54) is 44.8 Å². The van der Waals surface area contributed by atoms with Gasteiger partial charge in [-0.3, -0.25) is 30.1 Å². The Morgan fingerprint density at radius 1 is 1.00 bits per heavy atom. The first kappa shape index (κ1) is 21.7. The average Bonchev–Trinajstić information content (AvgIpc) is 3.27. The fraction of sp³-hybridized carbons (Fsp3) is 0.118. The summed E-state index contributed by atoms with van der Waals surface area (Å²) in [7, 11) is 2.62. The lowest BCUT2D eigenvalue weighted by atomic mass is 10.1. The van der Waals surface area contributed by atoms with Gasteiger partial charge in [0.15, 0.2) is 5.82 Å². The Balaban J connectivity index is 0.000000216. The molecule has 13 nitrogen and oxygen atoms in total. The first-order chi connectivity index (χ1) is 14.3. The molecule has 0 radical (unpaired) electrons. The maximum Gasteiger partial charge on any atom is 0.311 e. The number of hydrogen-bond donors (Lipinski definition) is 2. The molecule has 1 aromatic heterocycles. The number of aromatic nitrogens is 3. The largest absolute Gasteiger partial charge is 0.490 e. The topological polar surface area (TPSA) is 189 Å². The Kier molecular flexibility index (Phi) is 6.95. The van der Waals surface area contributed by atoms with Crippen LogP contribution in [0.2, 0.25) is 0 Å². The van der Waals surface area contributed by atoms with Gasteiger partial charge in [-0.05, 0) is 12.1 Å². The van der Waals surface area contributed by atoms with Crippen molar-refractivity contribution in [3.8, 4) is 22.9 Å². The smallest absolute Gasteiger partial charge is 0.311 e. The number of amides is 1. The van der Waals surface area contributed by atoms with Crippen LogP contribution in [0.5, 0.6) is 11.5 Å². The van der Waals surface area contributed by atoms with Gasteiger partial charge in [0.05, 0.1) is 35.2 Å². The van der Waals surface area contributed by atoms with E-state index in [9.17, 15) is 25.0 Å². The third-order valence-corrected chi connectivity index (χ3v) is 3.73. The molecule has 156 valence electrons. The number of nitrogens with zero attached hydrogens (tertiary/aromatic N) is 4. The summed E-state index contributed by atoms with van der Waals surface area (Å²) < 4.78 is 9.79. The monoisotopic (exact) mass is 416 g/mol. The van der Waals surface area contributed by atoms with Crippen molar-refractivity contribution in [3.63, 3.8) is 0 Å². The number of primary amides is 1. The molecule has 13 heteroatoms. The number of carbonyl (C=O) groups is 1. The van der Waals surface area contributed by atoms with E-state index in [1.807, 2.05) is 0 Å². The van der Waals surface area contributed by atoms with Crippen molar-refractivity contribution in [1.29, 1.82) is 0 Å². The summed E-state index contributed by atoms with van der Waals surface area (Å²) in [4.78, 5) is 35.0. The molecule has 30 heavy (non-hydrogen) atoms. The number of aromatic amines is 1. The summed E-state index contributed by atoms with van der Waals surface area (Å²) in [5, 5.41) is 27.6. The number of H-pyrrole nitrogens is 1. The van der Waals surface area contributed by atoms with Crippen molar-refractivity contribution >= 4 is 17.3 Å². The highest BCUT2D eigenvalue weighted by molar-refractivity contribution is 5.97. The van der Waals surface area contributed by atoms with Crippen LogP contribution in [0.4, 0.5) is 11.4 Å². The van der Waals surface area contributed by atoms with E-state index in [0.717, 1.165) is 0 Å². The molecular weight excluding hydrogens is 400 g/mol. The lowest BCUT2D eigenvalue weighted by Crippen LogP contribution is -2.13. The first-order valence-electron chi connectivity index (χ1n) is 8.10. The number of methoxy groups -OCH3 is 2. The second-order valence-electron chi connectivity index (χ2n) is 5.43. The predicted molar refractivity (Wildman–Crippen MR) is 103 cm³/mol. The zero-order valence-electron chi connectivity index (χ0n) is 15.8. The third-order valence-electron chi connectivity index (χ3n) is 3.73. The standard InChI is InChI=1S/C9H8N4O3.C8H8N2O4/c1-16-8-6(9-10-5-11-12-9)3-2-4-7(8)13(14)15;1-14-7-5(8(9)11)3-2-4-6(7)10(12)13/h2-5H,1H3,(H,10,11,12);2-4H,1H3,(H2,9,11). The van der Waals surface area contributed by atoms with Crippen LogP contribution < -0.4 is 15.2 Å². The maximum absolute atomic E-state index is 10.9. The summed E-state index contributed by atoms with van der Waals surface area (Å²) in [6.07, 6.45) is 1.33. The number of carbonyl (C=O) groups excluding carboxylic acids is 1. The molecule has 1 amide bonds. The Bertz CT molecular complexity index is 1040. The molecule has 0 unspecified atom stereocenters. The Hall–Kier alpha value is -4.55. The minimum atomic E-state index is -0.759. The van der Waals surface area contributed by atoms with Gasteiger partial charge in [-0.2, -0.15) is 5.10 Å². The Labute approximate surface area is 168 Å². The number of nitrogens with two attached hydrogens (primary N) is 1. The zero-order valence-corrected chi connectivity index (χ0v) is 15.8. The molecule has 3 rings (SSSR count). The molecule has 0 aliphatic heterocycles. The minimum Gasteiger partial charge on any atom is -0.490 e. The van der Waals surface area contributed by atoms with E-state index in [1.54, 1.807) is 12.1 Å². The number of benzene rings is 2. The molecule has 3 aromatic rings. The van der Waals surface area contributed by atoms with Crippen LogP contribution in [0, 0.1) is 20.2 Å². The van der Waals surface area contributed by atoms with E-state index in [2.05, 4.69) is 15.2 Å². The molecule has 0 fully saturated rings. The molecule has 0 saturated heterocycles. The summed E-state index contributed by atoms with van der Waals surface area (Å²) in [5.41, 5.74) is 5.15. The third kappa shape index (κ3) is 4.64. The van der Waals surface area contributed by atoms with E-state index in [4.69, 9.17) is 15.2 Å². The normalized spacial score (nSPS) is 9.80. The lowest BCUT2D eigenvalue weighted by Gasteiger charge is -2.05. The van der Waals surface area contributed by atoms with Gasteiger partial charge >= 0.3 is 11.4 Å². The quantitative estimate of drug-likeness (QED) is 0.447. The number of nitrogens with one attached hydrogen (secondary N) is 1. The Morgan fingerprint density at radius 2 is 1.57 bits per heavy atom. The SMILES string of the molecule is COc1c(-c2ncn[nH]2)cccc1[N+](=O)[O-].COc1c(C(N)=O)cccc1[N+](=O)[O-]. The first-order valence-corrected chi connectivity index (χ1v) is 8.10. The highest BCUT2D eigenvalue weighted by Crippen LogP contribution is 2.35. The fourth-order valence-corrected chi connectivity index (χ4v) is 2.48. The van der Waals surface area contributed by atoms with Crippen molar-refractivity contribution in [2.75, 3.05) is 14.2 Å². The number of hydrogen-bond acceptors (Lipinski definition) is 9. The van der Waals surface area contributed by atoms with Crippen molar-refractivity contribution in [1.82, 2.24) is 15.2 Å². The predicted octanol–water partition coefficient (Wildman–Crippen LogP) is 2.09. The van der Waals surface area contributed by atoms with Gasteiger partial charge in [0.2, 0.25) is 11.5 Å². The van der Waals surface area contributed by atoms with Crippen LogP contribution >= 0.6 is 0 Å². The van der Waals surface area contributed by atoms with Gasteiger partial charge in [0, 0.05) is 12.1 Å². The van der Waals surface area contributed by atoms with Gasteiger partial charge in [-0.15, -0.1) is 0 Å². The molecule has 0 spiro atoms. The van der Waals surface area contributed by atoms with Crippen LogP contribution in [-0.2, 0) is 0 Å². The number of para-hydroxylation sites is 2. The molecule has 0 aliphatic carbocycles. The van der Waals surface area contributed by atoms with Crippen LogP contribution in [0.1, 0.15) is 10.4 Å². The average molecular weight is 416 g/mol. The van der Waals surface area contributed by atoms with E-state index >= 15 is 0 Å². The van der Waals surface area contributed by atoms with E-state index in [-0.39, 0.29) is 28.4 Å². The summed E-state index contributed by atoms with van der Waals surface area (Å²) >= 11 is 0. The highest BCUT2D eigenvalue weighted by atomic mass is 16.6. The molecule has 2 aromatic carbocycles. The van der Waals surface area contributed by atoms with Crippen molar-refractivity contribution < 1.29 is 24.1 Å². The van der Waals surface area contributed by atoms with Crippen LogP contribution in [0.25, 0.3) is 11.4 Å². The summed E-state index contributed by atoms with van der Waals surface area (Å²) in [6.45, 7) is 0. The van der Waals surface area contributed by atoms with Crippen LogP contribution in [0.15, 0.2) is 42.7 Å². The fourth-order valence-electron chi connectivity index (χ4n) is 2.48. The maximum atomic E-state index is 10.9. The van der Waals surface area contributed by atoms with Gasteiger partial charge in [-0.25, -0.2) is 4.98 Å². The van der Waals surface area contributed by atoms with E-state index < -0.39 is 15.8 Å². The highest BCUT2D eigenvalue weighted by Gasteiger charge is 2.21. The molecular formula is C17H16N6O7. The summed E-state index contributed by atoms with van der Waals surface area (Å²) in [6, 6.07) is 8.60. The van der Waals surface area contributed by atoms with Gasteiger partial charge in [-0.1, -0.05) is 12.1 Å². The number of ether oxygens (including phenoxy) is 2.